The van der Waals surface area contributed by atoms with Gasteiger partial charge in [-0.15, -0.1) is 0 Å². The highest BCUT2D eigenvalue weighted by Gasteiger charge is 2.33. The first-order valence-corrected chi connectivity index (χ1v) is 7.48. The zero-order valence-corrected chi connectivity index (χ0v) is 10.8. The lowest BCUT2D eigenvalue weighted by Gasteiger charge is -2.37. The number of nitrogens with zero attached hydrogens (tertiary/aromatic N) is 1. The van der Waals surface area contributed by atoms with Crippen LogP contribution >= 0.6 is 0 Å². The Bertz CT molecular complexity index is 247. The zero-order chi connectivity index (χ0) is 11.7. The fourth-order valence-corrected chi connectivity index (χ4v) is 3.44. The van der Waals surface area contributed by atoms with E-state index in [4.69, 9.17) is 0 Å². The number of piperidine rings is 1. The Balaban J connectivity index is 1.40. The lowest BCUT2D eigenvalue weighted by Crippen LogP contribution is -2.49. The summed E-state index contributed by atoms with van der Waals surface area (Å²) in [5, 5.41) is 13.7. The van der Waals surface area contributed by atoms with Crippen LogP contribution in [0.5, 0.6) is 0 Å². The van der Waals surface area contributed by atoms with Gasteiger partial charge in [0, 0.05) is 25.2 Å². The van der Waals surface area contributed by atoms with Crippen molar-refractivity contribution in [1.82, 2.24) is 10.2 Å². The average molecular weight is 238 g/mol. The van der Waals surface area contributed by atoms with Crippen LogP contribution in [-0.4, -0.2) is 47.8 Å². The van der Waals surface area contributed by atoms with Crippen molar-refractivity contribution in [3.63, 3.8) is 0 Å². The number of hydrogen-bond acceptors (Lipinski definition) is 3. The Labute approximate surface area is 105 Å². The van der Waals surface area contributed by atoms with Gasteiger partial charge in [0.1, 0.15) is 0 Å². The Morgan fingerprint density at radius 3 is 2.35 bits per heavy atom. The molecule has 2 atom stereocenters. The molecule has 3 rings (SSSR count). The molecule has 0 spiro atoms. The third-order valence-electron chi connectivity index (χ3n) is 4.83. The molecule has 0 aromatic heterocycles. The number of aliphatic hydroxyl groups is 1. The lowest BCUT2D eigenvalue weighted by molar-refractivity contribution is 0.0527. The van der Waals surface area contributed by atoms with E-state index in [1.165, 1.54) is 58.2 Å². The smallest absolute Gasteiger partial charge is 0.0695 e. The van der Waals surface area contributed by atoms with Crippen LogP contribution in [0.2, 0.25) is 0 Å². The normalized spacial score (nSPS) is 36.5. The van der Waals surface area contributed by atoms with Gasteiger partial charge >= 0.3 is 0 Å². The van der Waals surface area contributed by atoms with Gasteiger partial charge in [0.15, 0.2) is 0 Å². The quantitative estimate of drug-likeness (QED) is 0.776. The summed E-state index contributed by atoms with van der Waals surface area (Å²) in [5.41, 5.74) is 0. The molecule has 1 saturated heterocycles. The average Bonchev–Trinajstić information content (AvgIpc) is 3.09. The van der Waals surface area contributed by atoms with E-state index in [9.17, 15) is 5.11 Å². The molecule has 0 amide bonds. The molecule has 98 valence electrons. The molecule has 0 aromatic rings. The molecule has 2 unspecified atom stereocenters. The number of nitrogens with one attached hydrogen (secondary N) is 1. The SMILES string of the molecule is OC1CCCC1N1CCC(NCC2CC2)CC1. The number of hydrogen-bond donors (Lipinski definition) is 2. The fourth-order valence-electron chi connectivity index (χ4n) is 3.44. The van der Waals surface area contributed by atoms with Gasteiger partial charge in [0.2, 0.25) is 0 Å². The van der Waals surface area contributed by atoms with E-state index in [0.717, 1.165) is 18.4 Å². The van der Waals surface area contributed by atoms with Crippen molar-refractivity contribution in [1.29, 1.82) is 0 Å². The van der Waals surface area contributed by atoms with Crippen LogP contribution in [0.1, 0.15) is 44.9 Å². The van der Waals surface area contributed by atoms with Gasteiger partial charge in [-0.3, -0.25) is 4.90 Å². The summed E-state index contributed by atoms with van der Waals surface area (Å²) in [6.07, 6.45) is 8.83. The Hall–Kier alpha value is -0.120. The minimum atomic E-state index is -0.0500. The minimum Gasteiger partial charge on any atom is -0.391 e. The zero-order valence-electron chi connectivity index (χ0n) is 10.8. The number of likely N-dealkylation sites (tertiary alicyclic amines) is 1. The van der Waals surface area contributed by atoms with Crippen molar-refractivity contribution in [2.75, 3.05) is 19.6 Å². The molecule has 3 nitrogen and oxygen atoms in total. The second kappa shape index (κ2) is 5.25. The van der Waals surface area contributed by atoms with Gasteiger partial charge in [-0.1, -0.05) is 0 Å². The molecule has 0 aromatic carbocycles. The van der Waals surface area contributed by atoms with Crippen molar-refractivity contribution in [2.24, 2.45) is 5.92 Å². The molecule has 2 N–H and O–H groups in total. The second-order valence-corrected chi connectivity index (χ2v) is 6.23. The molecule has 2 saturated carbocycles. The van der Waals surface area contributed by atoms with Gasteiger partial charge in [-0.25, -0.2) is 0 Å². The first-order chi connectivity index (χ1) is 8.33. The molecule has 3 aliphatic rings. The third-order valence-corrected chi connectivity index (χ3v) is 4.83. The van der Waals surface area contributed by atoms with Crippen LogP contribution in [0.4, 0.5) is 0 Å². The van der Waals surface area contributed by atoms with E-state index in [1.807, 2.05) is 0 Å². The van der Waals surface area contributed by atoms with Gasteiger partial charge in [-0.2, -0.15) is 0 Å². The Kier molecular flexibility index (Phi) is 3.69. The first kappa shape index (κ1) is 11.9. The Morgan fingerprint density at radius 1 is 1.00 bits per heavy atom. The van der Waals surface area contributed by atoms with Crippen LogP contribution in [0, 0.1) is 5.92 Å². The minimum absolute atomic E-state index is 0.0500. The highest BCUT2D eigenvalue weighted by atomic mass is 16.3. The maximum Gasteiger partial charge on any atom is 0.0695 e. The third kappa shape index (κ3) is 3.01. The standard InChI is InChI=1S/C14H26N2O/c17-14-3-1-2-13(14)16-8-6-12(7-9-16)15-10-11-4-5-11/h11-15,17H,1-10H2. The number of rotatable bonds is 4. The molecular formula is C14H26N2O. The van der Waals surface area contributed by atoms with Gasteiger partial charge in [0.25, 0.3) is 0 Å². The molecule has 3 fully saturated rings. The molecule has 1 heterocycles. The van der Waals surface area contributed by atoms with E-state index < -0.39 is 0 Å². The Morgan fingerprint density at radius 2 is 1.76 bits per heavy atom. The van der Waals surface area contributed by atoms with E-state index in [0.29, 0.717) is 6.04 Å². The lowest BCUT2D eigenvalue weighted by atomic mass is 10.0. The predicted octanol–water partition coefficient (Wildman–Crippen LogP) is 1.36. The first-order valence-electron chi connectivity index (χ1n) is 7.48. The summed E-state index contributed by atoms with van der Waals surface area (Å²) < 4.78 is 0. The fraction of sp³-hybridized carbons (Fsp3) is 1.00. The largest absolute Gasteiger partial charge is 0.391 e. The van der Waals surface area contributed by atoms with E-state index in [-0.39, 0.29) is 6.10 Å². The van der Waals surface area contributed by atoms with Crippen molar-refractivity contribution in [3.8, 4) is 0 Å². The van der Waals surface area contributed by atoms with Gasteiger partial charge in [0.05, 0.1) is 6.10 Å². The van der Waals surface area contributed by atoms with Crippen molar-refractivity contribution < 1.29 is 5.11 Å². The summed E-state index contributed by atoms with van der Waals surface area (Å²) in [5.74, 6) is 0.990. The number of aliphatic hydroxyl groups excluding tert-OH is 1. The monoisotopic (exact) mass is 238 g/mol. The topological polar surface area (TPSA) is 35.5 Å². The molecule has 3 heteroatoms. The highest BCUT2D eigenvalue weighted by Crippen LogP contribution is 2.29. The molecule has 0 radical (unpaired) electrons. The van der Waals surface area contributed by atoms with Crippen molar-refractivity contribution >= 4 is 0 Å². The highest BCUT2D eigenvalue weighted by molar-refractivity contribution is 4.89. The van der Waals surface area contributed by atoms with Crippen molar-refractivity contribution in [2.45, 2.75) is 63.1 Å². The van der Waals surface area contributed by atoms with E-state index in [1.54, 1.807) is 0 Å². The summed E-state index contributed by atoms with van der Waals surface area (Å²) >= 11 is 0. The van der Waals surface area contributed by atoms with Crippen LogP contribution in [-0.2, 0) is 0 Å². The summed E-state index contributed by atoms with van der Waals surface area (Å²) in [6, 6.07) is 1.21. The van der Waals surface area contributed by atoms with Crippen LogP contribution in [0.25, 0.3) is 0 Å². The molecule has 0 bridgehead atoms. The maximum absolute atomic E-state index is 9.93. The maximum atomic E-state index is 9.93. The summed E-state index contributed by atoms with van der Waals surface area (Å²) in [7, 11) is 0. The molecule has 17 heavy (non-hydrogen) atoms. The molecule has 1 aliphatic heterocycles. The summed E-state index contributed by atoms with van der Waals surface area (Å²) in [4.78, 5) is 2.53. The molecule has 2 aliphatic carbocycles. The van der Waals surface area contributed by atoms with Gasteiger partial charge in [-0.05, 0) is 57.4 Å². The van der Waals surface area contributed by atoms with Crippen molar-refractivity contribution in [3.05, 3.63) is 0 Å². The summed E-state index contributed by atoms with van der Waals surface area (Å²) in [6.45, 7) is 3.62. The van der Waals surface area contributed by atoms with E-state index in [2.05, 4.69) is 10.2 Å². The van der Waals surface area contributed by atoms with Crippen LogP contribution < -0.4 is 5.32 Å². The molecular weight excluding hydrogens is 212 g/mol. The van der Waals surface area contributed by atoms with Crippen LogP contribution in [0.15, 0.2) is 0 Å². The second-order valence-electron chi connectivity index (χ2n) is 6.23. The van der Waals surface area contributed by atoms with E-state index >= 15 is 0 Å². The van der Waals surface area contributed by atoms with Crippen LogP contribution in [0.3, 0.4) is 0 Å². The van der Waals surface area contributed by atoms with Gasteiger partial charge < -0.3 is 10.4 Å². The predicted molar refractivity (Wildman–Crippen MR) is 69.0 cm³/mol.